The highest BCUT2D eigenvalue weighted by atomic mass is 16.5. The van der Waals surface area contributed by atoms with E-state index in [1.165, 1.54) is 12.1 Å². The molecule has 0 amide bonds. The minimum atomic E-state index is 0.546. The van der Waals surface area contributed by atoms with Crippen molar-refractivity contribution in [1.29, 1.82) is 0 Å². The van der Waals surface area contributed by atoms with Gasteiger partial charge in [-0.15, -0.1) is 0 Å². The molecule has 0 bridgehead atoms. The number of hydrogen-bond acceptors (Lipinski definition) is 5. The number of aryl methyl sites for hydroxylation is 1. The molecule has 0 spiro atoms. The Morgan fingerprint density at radius 1 is 1.00 bits per heavy atom. The van der Waals surface area contributed by atoms with Gasteiger partial charge in [0.25, 0.3) is 0 Å². The number of methoxy groups -OCH3 is 1. The van der Waals surface area contributed by atoms with Crippen molar-refractivity contribution in [2.45, 2.75) is 25.2 Å². The zero-order valence-corrected chi connectivity index (χ0v) is 16.3. The van der Waals surface area contributed by atoms with Gasteiger partial charge in [0.15, 0.2) is 0 Å². The lowest BCUT2D eigenvalue weighted by Gasteiger charge is -2.10. The molecule has 0 aromatic carbocycles. The third kappa shape index (κ3) is 3.68. The first-order valence-corrected chi connectivity index (χ1v) is 9.97. The van der Waals surface area contributed by atoms with Gasteiger partial charge in [-0.25, -0.2) is 0 Å². The van der Waals surface area contributed by atoms with Crippen LogP contribution in [0.25, 0.3) is 22.2 Å². The van der Waals surface area contributed by atoms with E-state index in [0.29, 0.717) is 11.8 Å². The second-order valence-electron chi connectivity index (χ2n) is 7.53. The number of aromatic nitrogens is 4. The number of nitrogens with zero attached hydrogens (tertiary/aromatic N) is 4. The lowest BCUT2D eigenvalue weighted by Crippen LogP contribution is -1.99. The average Bonchev–Trinajstić information content (AvgIpc) is 3.57. The molecule has 2 atom stereocenters. The van der Waals surface area contributed by atoms with Crippen molar-refractivity contribution in [3.63, 3.8) is 0 Å². The lowest BCUT2D eigenvalue weighted by atomic mass is 10.00. The van der Waals surface area contributed by atoms with Crippen molar-refractivity contribution in [2.24, 2.45) is 5.92 Å². The van der Waals surface area contributed by atoms with Crippen LogP contribution in [-0.4, -0.2) is 27.0 Å². The highest BCUT2D eigenvalue weighted by Crippen LogP contribution is 2.49. The first-order chi connectivity index (χ1) is 14.3. The molecule has 5 heteroatoms. The van der Waals surface area contributed by atoms with Gasteiger partial charge in [-0.2, -0.15) is 0 Å². The zero-order chi connectivity index (χ0) is 19.6. The summed E-state index contributed by atoms with van der Waals surface area (Å²) < 4.78 is 5.21. The van der Waals surface area contributed by atoms with Crippen LogP contribution in [0.15, 0.2) is 67.3 Å². The Morgan fingerprint density at radius 2 is 1.93 bits per heavy atom. The molecule has 0 saturated heterocycles. The molecule has 1 aliphatic rings. The first-order valence-electron chi connectivity index (χ1n) is 9.97. The molecule has 0 N–H and O–H groups in total. The van der Waals surface area contributed by atoms with Gasteiger partial charge in [-0.05, 0) is 61.6 Å². The van der Waals surface area contributed by atoms with Crippen molar-refractivity contribution >= 4 is 11.0 Å². The summed E-state index contributed by atoms with van der Waals surface area (Å²) in [7, 11) is 1.67. The molecule has 1 saturated carbocycles. The van der Waals surface area contributed by atoms with E-state index in [0.717, 1.165) is 46.4 Å². The standard InChI is InChI=1S/C24H22N4O/c1-29-18-7-9-21(27-15-18)19-12-16(19)6-8-22-20(17-4-2-10-25-14-17)13-24-23(28-22)5-3-11-26-24/h2-5,7,9-11,13-16,19H,6,8,12H2,1H3/t16-,19-/m0/s1. The maximum absolute atomic E-state index is 5.21. The van der Waals surface area contributed by atoms with Crippen LogP contribution in [0.3, 0.4) is 0 Å². The van der Waals surface area contributed by atoms with E-state index in [9.17, 15) is 0 Å². The molecule has 4 heterocycles. The molecule has 144 valence electrons. The number of ether oxygens (including phenoxy) is 1. The van der Waals surface area contributed by atoms with Crippen LogP contribution in [-0.2, 0) is 6.42 Å². The molecule has 4 aromatic heterocycles. The maximum atomic E-state index is 5.21. The van der Waals surface area contributed by atoms with E-state index in [1.54, 1.807) is 13.3 Å². The predicted molar refractivity (Wildman–Crippen MR) is 113 cm³/mol. The molecule has 29 heavy (non-hydrogen) atoms. The van der Waals surface area contributed by atoms with Gasteiger partial charge in [0.1, 0.15) is 5.75 Å². The monoisotopic (exact) mass is 382 g/mol. The molecular formula is C24H22N4O. The van der Waals surface area contributed by atoms with Gasteiger partial charge in [0.05, 0.1) is 24.3 Å². The van der Waals surface area contributed by atoms with Gasteiger partial charge < -0.3 is 4.74 Å². The topological polar surface area (TPSA) is 60.8 Å². The van der Waals surface area contributed by atoms with E-state index in [4.69, 9.17) is 9.72 Å². The van der Waals surface area contributed by atoms with Crippen molar-refractivity contribution < 1.29 is 4.74 Å². The highest BCUT2D eigenvalue weighted by molar-refractivity contribution is 5.81. The summed E-state index contributed by atoms with van der Waals surface area (Å²) in [6.45, 7) is 0. The van der Waals surface area contributed by atoms with Crippen LogP contribution in [0.5, 0.6) is 5.75 Å². The molecule has 0 aliphatic heterocycles. The Kier molecular flexibility index (Phi) is 4.64. The smallest absolute Gasteiger partial charge is 0.137 e. The average molecular weight is 382 g/mol. The molecular weight excluding hydrogens is 360 g/mol. The largest absolute Gasteiger partial charge is 0.495 e. The van der Waals surface area contributed by atoms with Gasteiger partial charge in [0.2, 0.25) is 0 Å². The summed E-state index contributed by atoms with van der Waals surface area (Å²) in [5.74, 6) is 2.01. The summed E-state index contributed by atoms with van der Waals surface area (Å²) in [6, 6.07) is 14.2. The second-order valence-corrected chi connectivity index (χ2v) is 7.53. The van der Waals surface area contributed by atoms with Crippen molar-refractivity contribution in [3.05, 3.63) is 78.6 Å². The summed E-state index contributed by atoms with van der Waals surface area (Å²) >= 11 is 0. The summed E-state index contributed by atoms with van der Waals surface area (Å²) in [5, 5.41) is 0. The molecule has 0 radical (unpaired) electrons. The van der Waals surface area contributed by atoms with Crippen LogP contribution in [0.1, 0.15) is 30.1 Å². The van der Waals surface area contributed by atoms with Gasteiger partial charge in [0, 0.05) is 47.0 Å². The van der Waals surface area contributed by atoms with Crippen LogP contribution in [0, 0.1) is 5.92 Å². The SMILES string of the molecule is COc1ccc([C@H]2C[C@@H]2CCc2nc3cccnc3cc2-c2cccnc2)nc1. The van der Waals surface area contributed by atoms with E-state index < -0.39 is 0 Å². The van der Waals surface area contributed by atoms with E-state index >= 15 is 0 Å². The highest BCUT2D eigenvalue weighted by Gasteiger charge is 2.38. The molecule has 1 aliphatic carbocycles. The van der Waals surface area contributed by atoms with E-state index in [-0.39, 0.29) is 0 Å². The summed E-state index contributed by atoms with van der Waals surface area (Å²) in [6.07, 6.45) is 10.5. The van der Waals surface area contributed by atoms with Crippen LogP contribution in [0.2, 0.25) is 0 Å². The van der Waals surface area contributed by atoms with E-state index in [2.05, 4.69) is 33.2 Å². The van der Waals surface area contributed by atoms with E-state index in [1.807, 2.05) is 42.9 Å². The second kappa shape index (κ2) is 7.59. The fourth-order valence-corrected chi connectivity index (χ4v) is 3.99. The zero-order valence-electron chi connectivity index (χ0n) is 16.3. The number of hydrogen-bond donors (Lipinski definition) is 0. The maximum Gasteiger partial charge on any atom is 0.137 e. The molecule has 5 rings (SSSR count). The fraction of sp³-hybridized carbons (Fsp3) is 0.250. The van der Waals surface area contributed by atoms with Crippen molar-refractivity contribution in [2.75, 3.05) is 7.11 Å². The van der Waals surface area contributed by atoms with Crippen LogP contribution >= 0.6 is 0 Å². The normalized spacial score (nSPS) is 18.0. The Bertz CT molecular complexity index is 1130. The number of fused-ring (bicyclic) bond motifs is 1. The Hall–Kier alpha value is -3.34. The quantitative estimate of drug-likeness (QED) is 0.478. The predicted octanol–water partition coefficient (Wildman–Crippen LogP) is 4.83. The van der Waals surface area contributed by atoms with Gasteiger partial charge >= 0.3 is 0 Å². The van der Waals surface area contributed by atoms with Crippen LogP contribution in [0.4, 0.5) is 0 Å². The lowest BCUT2D eigenvalue weighted by molar-refractivity contribution is 0.412. The first kappa shape index (κ1) is 17.7. The molecule has 4 aromatic rings. The molecule has 5 nitrogen and oxygen atoms in total. The van der Waals surface area contributed by atoms with Crippen LogP contribution < -0.4 is 4.74 Å². The van der Waals surface area contributed by atoms with Crippen molar-refractivity contribution in [1.82, 2.24) is 19.9 Å². The minimum Gasteiger partial charge on any atom is -0.495 e. The van der Waals surface area contributed by atoms with Gasteiger partial charge in [-0.3, -0.25) is 19.9 Å². The Balaban J connectivity index is 1.37. The minimum absolute atomic E-state index is 0.546. The fourth-order valence-electron chi connectivity index (χ4n) is 3.99. The number of rotatable bonds is 6. The third-order valence-corrected chi connectivity index (χ3v) is 5.69. The van der Waals surface area contributed by atoms with Gasteiger partial charge in [-0.1, -0.05) is 6.07 Å². The van der Waals surface area contributed by atoms with Crippen molar-refractivity contribution in [3.8, 4) is 16.9 Å². The summed E-state index contributed by atoms with van der Waals surface area (Å²) in [4.78, 5) is 18.3. The Labute approximate surface area is 169 Å². The summed E-state index contributed by atoms with van der Waals surface area (Å²) in [5.41, 5.74) is 6.36. The Morgan fingerprint density at radius 3 is 2.72 bits per heavy atom. The molecule has 0 unspecified atom stereocenters. The molecule has 1 fully saturated rings. The number of pyridine rings is 4. The third-order valence-electron chi connectivity index (χ3n) is 5.69.